The Kier molecular flexibility index (Phi) is 3.59. The second kappa shape index (κ2) is 4.29. The highest BCUT2D eigenvalue weighted by Crippen LogP contribution is 2.10. The van der Waals surface area contributed by atoms with Crippen LogP contribution in [0.3, 0.4) is 0 Å². The number of alkyl halides is 1. The fourth-order valence-corrected chi connectivity index (χ4v) is 1.85. The SMILES string of the molecule is BrCCC1CCCCN1. The van der Waals surface area contributed by atoms with Crippen LogP contribution < -0.4 is 5.32 Å². The molecular weight excluding hydrogens is 178 g/mol. The predicted octanol–water partition coefficient (Wildman–Crippen LogP) is 1.91. The zero-order valence-electron chi connectivity index (χ0n) is 5.70. The van der Waals surface area contributed by atoms with Crippen LogP contribution in [0.4, 0.5) is 0 Å². The third-order valence-corrected chi connectivity index (χ3v) is 2.33. The van der Waals surface area contributed by atoms with Gasteiger partial charge in [0, 0.05) is 11.4 Å². The van der Waals surface area contributed by atoms with Gasteiger partial charge in [0.25, 0.3) is 0 Å². The lowest BCUT2D eigenvalue weighted by Gasteiger charge is -2.22. The quantitative estimate of drug-likeness (QED) is 0.659. The molecule has 1 aliphatic rings. The van der Waals surface area contributed by atoms with Crippen LogP contribution in [0.5, 0.6) is 0 Å². The van der Waals surface area contributed by atoms with Crippen LogP contribution >= 0.6 is 15.9 Å². The fourth-order valence-electron chi connectivity index (χ4n) is 1.30. The summed E-state index contributed by atoms with van der Waals surface area (Å²) in [5, 5.41) is 4.63. The molecule has 1 unspecified atom stereocenters. The van der Waals surface area contributed by atoms with Gasteiger partial charge in [0.05, 0.1) is 0 Å². The van der Waals surface area contributed by atoms with Crippen LogP contribution in [0.1, 0.15) is 25.7 Å². The van der Waals surface area contributed by atoms with Crippen LogP contribution in [0.25, 0.3) is 0 Å². The predicted molar refractivity (Wildman–Crippen MR) is 44.1 cm³/mol. The number of hydrogen-bond acceptors (Lipinski definition) is 1. The van der Waals surface area contributed by atoms with Crippen molar-refractivity contribution >= 4 is 15.9 Å². The average Bonchev–Trinajstić information content (AvgIpc) is 1.91. The molecule has 2 heteroatoms. The molecule has 1 heterocycles. The Hall–Kier alpha value is 0.440. The van der Waals surface area contributed by atoms with E-state index in [1.165, 1.54) is 32.2 Å². The highest BCUT2D eigenvalue weighted by Gasteiger charge is 2.10. The molecule has 9 heavy (non-hydrogen) atoms. The van der Waals surface area contributed by atoms with E-state index in [0.717, 1.165) is 11.4 Å². The van der Waals surface area contributed by atoms with E-state index in [-0.39, 0.29) is 0 Å². The topological polar surface area (TPSA) is 12.0 Å². The van der Waals surface area contributed by atoms with E-state index < -0.39 is 0 Å². The van der Waals surface area contributed by atoms with Crippen molar-refractivity contribution in [2.75, 3.05) is 11.9 Å². The second-order valence-corrected chi connectivity index (χ2v) is 3.42. The lowest BCUT2D eigenvalue weighted by Crippen LogP contribution is -2.34. The molecule has 1 saturated heterocycles. The molecule has 0 bridgehead atoms. The molecule has 1 atom stereocenters. The number of halogens is 1. The van der Waals surface area contributed by atoms with E-state index in [0.29, 0.717) is 0 Å². The number of piperidine rings is 1. The van der Waals surface area contributed by atoms with E-state index >= 15 is 0 Å². The zero-order valence-corrected chi connectivity index (χ0v) is 7.28. The van der Waals surface area contributed by atoms with E-state index in [1.807, 2.05) is 0 Å². The summed E-state index contributed by atoms with van der Waals surface area (Å²) >= 11 is 3.44. The van der Waals surface area contributed by atoms with E-state index in [9.17, 15) is 0 Å². The summed E-state index contributed by atoms with van der Waals surface area (Å²) in [4.78, 5) is 0. The Bertz CT molecular complexity index is 66.6. The average molecular weight is 192 g/mol. The van der Waals surface area contributed by atoms with Crippen molar-refractivity contribution in [3.8, 4) is 0 Å². The summed E-state index contributed by atoms with van der Waals surface area (Å²) in [6, 6.07) is 0.804. The van der Waals surface area contributed by atoms with E-state index in [2.05, 4.69) is 21.2 Å². The van der Waals surface area contributed by atoms with Gasteiger partial charge < -0.3 is 5.32 Å². The molecule has 1 fully saturated rings. The zero-order chi connectivity index (χ0) is 6.53. The molecular formula is C7H14BrN. The standard InChI is InChI=1S/C7H14BrN/c8-5-4-7-3-1-2-6-9-7/h7,9H,1-6H2. The number of rotatable bonds is 2. The molecule has 0 aromatic heterocycles. The third-order valence-electron chi connectivity index (χ3n) is 1.87. The molecule has 0 spiro atoms. The summed E-state index contributed by atoms with van der Waals surface area (Å²) in [5.41, 5.74) is 0. The first kappa shape index (κ1) is 7.55. The maximum absolute atomic E-state index is 3.49. The smallest absolute Gasteiger partial charge is 0.00750 e. The molecule has 0 aromatic rings. The Morgan fingerprint density at radius 1 is 1.44 bits per heavy atom. The maximum atomic E-state index is 3.49. The van der Waals surface area contributed by atoms with Crippen LogP contribution in [-0.2, 0) is 0 Å². The summed E-state index contributed by atoms with van der Waals surface area (Å²) in [7, 11) is 0. The molecule has 1 nitrogen and oxygen atoms in total. The minimum absolute atomic E-state index is 0.804. The minimum atomic E-state index is 0.804. The van der Waals surface area contributed by atoms with E-state index in [1.54, 1.807) is 0 Å². The monoisotopic (exact) mass is 191 g/mol. The first-order valence-electron chi connectivity index (χ1n) is 3.73. The molecule has 1 rings (SSSR count). The fraction of sp³-hybridized carbons (Fsp3) is 1.00. The molecule has 1 N–H and O–H groups in total. The highest BCUT2D eigenvalue weighted by molar-refractivity contribution is 9.09. The summed E-state index contributed by atoms with van der Waals surface area (Å²) in [6.45, 7) is 1.23. The van der Waals surface area contributed by atoms with Crippen molar-refractivity contribution in [2.45, 2.75) is 31.7 Å². The van der Waals surface area contributed by atoms with Crippen molar-refractivity contribution in [3.05, 3.63) is 0 Å². The third kappa shape index (κ3) is 2.67. The van der Waals surface area contributed by atoms with Crippen molar-refractivity contribution < 1.29 is 0 Å². The van der Waals surface area contributed by atoms with Crippen molar-refractivity contribution in [3.63, 3.8) is 0 Å². The molecule has 0 amide bonds. The minimum Gasteiger partial charge on any atom is -0.314 e. The van der Waals surface area contributed by atoms with Gasteiger partial charge in [-0.1, -0.05) is 22.4 Å². The van der Waals surface area contributed by atoms with Crippen molar-refractivity contribution in [2.24, 2.45) is 0 Å². The molecule has 0 saturated carbocycles. The first-order valence-corrected chi connectivity index (χ1v) is 4.85. The Balaban J connectivity index is 2.08. The second-order valence-electron chi connectivity index (χ2n) is 2.62. The summed E-state index contributed by atoms with van der Waals surface area (Å²) < 4.78 is 0. The lowest BCUT2D eigenvalue weighted by atomic mass is 10.0. The van der Waals surface area contributed by atoms with Crippen molar-refractivity contribution in [1.82, 2.24) is 5.32 Å². The van der Waals surface area contributed by atoms with Gasteiger partial charge in [-0.15, -0.1) is 0 Å². The molecule has 0 aromatic carbocycles. The molecule has 54 valence electrons. The Morgan fingerprint density at radius 3 is 2.89 bits per heavy atom. The van der Waals surface area contributed by atoms with Gasteiger partial charge >= 0.3 is 0 Å². The Morgan fingerprint density at radius 2 is 2.33 bits per heavy atom. The normalized spacial score (nSPS) is 28.3. The summed E-state index contributed by atoms with van der Waals surface area (Å²) in [5.74, 6) is 0. The van der Waals surface area contributed by atoms with Crippen LogP contribution in [0, 0.1) is 0 Å². The van der Waals surface area contributed by atoms with Gasteiger partial charge in [-0.3, -0.25) is 0 Å². The maximum Gasteiger partial charge on any atom is 0.00750 e. The highest BCUT2D eigenvalue weighted by atomic mass is 79.9. The molecule has 0 aliphatic carbocycles. The van der Waals surface area contributed by atoms with Gasteiger partial charge in [0.1, 0.15) is 0 Å². The van der Waals surface area contributed by atoms with Gasteiger partial charge in [0.15, 0.2) is 0 Å². The van der Waals surface area contributed by atoms with Gasteiger partial charge in [0.2, 0.25) is 0 Å². The lowest BCUT2D eigenvalue weighted by molar-refractivity contribution is 0.395. The summed E-state index contributed by atoms with van der Waals surface area (Å²) in [6.07, 6.45) is 5.47. The largest absolute Gasteiger partial charge is 0.314 e. The van der Waals surface area contributed by atoms with Gasteiger partial charge in [-0.2, -0.15) is 0 Å². The van der Waals surface area contributed by atoms with Crippen LogP contribution in [0.2, 0.25) is 0 Å². The van der Waals surface area contributed by atoms with Gasteiger partial charge in [-0.25, -0.2) is 0 Å². The molecule has 0 radical (unpaired) electrons. The molecule has 1 aliphatic heterocycles. The van der Waals surface area contributed by atoms with Crippen LogP contribution in [-0.4, -0.2) is 17.9 Å². The number of hydrogen-bond donors (Lipinski definition) is 1. The van der Waals surface area contributed by atoms with Crippen LogP contribution in [0.15, 0.2) is 0 Å². The number of nitrogens with one attached hydrogen (secondary N) is 1. The Labute approximate surface area is 65.3 Å². The first-order chi connectivity index (χ1) is 4.43. The van der Waals surface area contributed by atoms with E-state index in [4.69, 9.17) is 0 Å². The van der Waals surface area contributed by atoms with Crippen molar-refractivity contribution in [1.29, 1.82) is 0 Å². The van der Waals surface area contributed by atoms with Gasteiger partial charge in [-0.05, 0) is 25.8 Å².